The highest BCUT2D eigenvalue weighted by Crippen LogP contribution is 2.22. The van der Waals surface area contributed by atoms with Crippen LogP contribution in [0.4, 0.5) is 11.8 Å². The maximum atomic E-state index is 12.6. The van der Waals surface area contributed by atoms with Crippen molar-refractivity contribution in [3.63, 3.8) is 0 Å². The molecule has 0 bridgehead atoms. The summed E-state index contributed by atoms with van der Waals surface area (Å²) in [7, 11) is 0. The number of nitrogens with zero attached hydrogens (tertiary/aromatic N) is 5. The molecule has 4 rings (SSSR count). The highest BCUT2D eigenvalue weighted by molar-refractivity contribution is 7.10. The van der Waals surface area contributed by atoms with Crippen molar-refractivity contribution >= 4 is 29.0 Å². The van der Waals surface area contributed by atoms with Crippen molar-refractivity contribution in [1.29, 1.82) is 0 Å². The molecule has 0 saturated carbocycles. The van der Waals surface area contributed by atoms with Gasteiger partial charge in [0.1, 0.15) is 5.82 Å². The SMILES string of the molecule is Cc1cc(N2CCCC2)nc(N2CCN(C(=O)CCc3sccc3C)CC2)n1. The van der Waals surface area contributed by atoms with Gasteiger partial charge in [0.15, 0.2) is 0 Å². The molecule has 2 aromatic heterocycles. The Morgan fingerprint density at radius 3 is 2.46 bits per heavy atom. The molecule has 0 aliphatic carbocycles. The Morgan fingerprint density at radius 2 is 1.79 bits per heavy atom. The zero-order chi connectivity index (χ0) is 19.5. The molecule has 0 spiro atoms. The highest BCUT2D eigenvalue weighted by Gasteiger charge is 2.24. The smallest absolute Gasteiger partial charge is 0.227 e. The quantitative estimate of drug-likeness (QED) is 0.774. The summed E-state index contributed by atoms with van der Waals surface area (Å²) in [6.45, 7) is 9.42. The molecule has 0 unspecified atom stereocenters. The number of hydrogen-bond acceptors (Lipinski definition) is 6. The van der Waals surface area contributed by atoms with Crippen molar-refractivity contribution < 1.29 is 4.79 Å². The van der Waals surface area contributed by atoms with Crippen LogP contribution in [0.15, 0.2) is 17.5 Å². The van der Waals surface area contributed by atoms with E-state index < -0.39 is 0 Å². The number of anilines is 2. The van der Waals surface area contributed by atoms with Crippen LogP contribution in [0.25, 0.3) is 0 Å². The first-order valence-electron chi connectivity index (χ1n) is 10.3. The van der Waals surface area contributed by atoms with Crippen molar-refractivity contribution in [3.8, 4) is 0 Å². The minimum atomic E-state index is 0.260. The number of rotatable bonds is 5. The lowest BCUT2D eigenvalue weighted by Crippen LogP contribution is -2.49. The Labute approximate surface area is 171 Å². The average molecular weight is 400 g/mol. The maximum Gasteiger partial charge on any atom is 0.227 e. The standard InChI is InChI=1S/C21H29N5OS/c1-16-7-14-28-18(16)5-6-20(27)25-10-12-26(13-11-25)21-22-17(2)15-19(23-21)24-8-3-4-9-24/h7,14-15H,3-6,8-13H2,1-2H3. The molecule has 2 saturated heterocycles. The molecular weight excluding hydrogens is 370 g/mol. The summed E-state index contributed by atoms with van der Waals surface area (Å²) in [5.41, 5.74) is 2.31. The molecule has 150 valence electrons. The molecule has 2 aliphatic heterocycles. The van der Waals surface area contributed by atoms with Gasteiger partial charge in [-0.15, -0.1) is 11.3 Å². The second kappa shape index (κ2) is 8.47. The number of thiophene rings is 1. The van der Waals surface area contributed by atoms with Crippen molar-refractivity contribution in [3.05, 3.63) is 33.6 Å². The summed E-state index contributed by atoms with van der Waals surface area (Å²) in [6, 6.07) is 4.21. The molecule has 2 aliphatic rings. The van der Waals surface area contributed by atoms with E-state index in [2.05, 4.69) is 39.2 Å². The van der Waals surface area contributed by atoms with E-state index in [0.29, 0.717) is 6.42 Å². The number of carbonyl (C=O) groups is 1. The first-order valence-corrected chi connectivity index (χ1v) is 11.1. The van der Waals surface area contributed by atoms with Gasteiger partial charge >= 0.3 is 0 Å². The van der Waals surface area contributed by atoms with E-state index in [1.165, 1.54) is 23.3 Å². The van der Waals surface area contributed by atoms with Crippen molar-refractivity contribution in [2.24, 2.45) is 0 Å². The van der Waals surface area contributed by atoms with E-state index in [1.54, 1.807) is 11.3 Å². The summed E-state index contributed by atoms with van der Waals surface area (Å²) < 4.78 is 0. The third-order valence-electron chi connectivity index (χ3n) is 5.71. The van der Waals surface area contributed by atoms with Crippen LogP contribution in [0.3, 0.4) is 0 Å². The zero-order valence-corrected chi connectivity index (χ0v) is 17.7. The number of amides is 1. The molecule has 1 amide bonds. The second-order valence-corrected chi connectivity index (χ2v) is 8.76. The molecule has 4 heterocycles. The molecule has 2 fully saturated rings. The number of aromatic nitrogens is 2. The van der Waals surface area contributed by atoms with Gasteiger partial charge in [-0.2, -0.15) is 4.98 Å². The van der Waals surface area contributed by atoms with Crippen LogP contribution in [0.1, 0.15) is 35.4 Å². The van der Waals surface area contributed by atoms with E-state index in [-0.39, 0.29) is 5.91 Å². The van der Waals surface area contributed by atoms with Gasteiger partial charge in [0.05, 0.1) is 0 Å². The first-order chi connectivity index (χ1) is 13.6. The fourth-order valence-electron chi connectivity index (χ4n) is 3.98. The van der Waals surface area contributed by atoms with Gasteiger partial charge in [-0.1, -0.05) is 0 Å². The van der Waals surface area contributed by atoms with Crippen LogP contribution in [-0.4, -0.2) is 60.0 Å². The molecule has 0 aromatic carbocycles. The van der Waals surface area contributed by atoms with E-state index >= 15 is 0 Å². The van der Waals surface area contributed by atoms with Crippen molar-refractivity contribution in [2.45, 2.75) is 39.5 Å². The van der Waals surface area contributed by atoms with Gasteiger partial charge in [0.2, 0.25) is 11.9 Å². The molecule has 2 aromatic rings. The monoisotopic (exact) mass is 399 g/mol. The van der Waals surface area contributed by atoms with Crippen LogP contribution in [0.5, 0.6) is 0 Å². The number of piperazine rings is 1. The Kier molecular flexibility index (Phi) is 5.80. The summed E-state index contributed by atoms with van der Waals surface area (Å²) in [6.07, 6.45) is 3.93. The maximum absolute atomic E-state index is 12.6. The fraction of sp³-hybridized carbons (Fsp3) is 0.571. The van der Waals surface area contributed by atoms with E-state index in [0.717, 1.165) is 63.1 Å². The van der Waals surface area contributed by atoms with Crippen LogP contribution < -0.4 is 9.80 Å². The highest BCUT2D eigenvalue weighted by atomic mass is 32.1. The number of carbonyl (C=O) groups excluding carboxylic acids is 1. The Balaban J connectivity index is 1.33. The largest absolute Gasteiger partial charge is 0.356 e. The van der Waals surface area contributed by atoms with Crippen LogP contribution in [0, 0.1) is 13.8 Å². The molecule has 0 N–H and O–H groups in total. The third-order valence-corrected chi connectivity index (χ3v) is 6.79. The van der Waals surface area contributed by atoms with Gasteiger partial charge < -0.3 is 14.7 Å². The number of aryl methyl sites for hydroxylation is 3. The summed E-state index contributed by atoms with van der Waals surface area (Å²) in [5.74, 6) is 2.11. The van der Waals surface area contributed by atoms with Crippen LogP contribution >= 0.6 is 11.3 Å². The second-order valence-electron chi connectivity index (χ2n) is 7.76. The van der Waals surface area contributed by atoms with E-state index in [4.69, 9.17) is 4.98 Å². The van der Waals surface area contributed by atoms with E-state index in [9.17, 15) is 4.79 Å². The van der Waals surface area contributed by atoms with Gasteiger partial charge in [0.25, 0.3) is 0 Å². The molecule has 0 atom stereocenters. The predicted octanol–water partition coefficient (Wildman–Crippen LogP) is 3.04. The third kappa shape index (κ3) is 4.29. The van der Waals surface area contributed by atoms with Crippen LogP contribution in [0.2, 0.25) is 0 Å². The van der Waals surface area contributed by atoms with Gasteiger partial charge in [-0.25, -0.2) is 4.98 Å². The lowest BCUT2D eigenvalue weighted by Gasteiger charge is -2.35. The molecule has 7 heteroatoms. The number of hydrogen-bond donors (Lipinski definition) is 0. The summed E-state index contributed by atoms with van der Waals surface area (Å²) in [4.78, 5) is 30.0. The molecule has 28 heavy (non-hydrogen) atoms. The fourth-order valence-corrected chi connectivity index (χ4v) is 4.89. The molecule has 6 nitrogen and oxygen atoms in total. The Morgan fingerprint density at radius 1 is 1.04 bits per heavy atom. The Hall–Kier alpha value is -2.15. The lowest BCUT2D eigenvalue weighted by atomic mass is 10.2. The van der Waals surface area contributed by atoms with Gasteiger partial charge in [0, 0.05) is 62.3 Å². The Bertz CT molecular complexity index is 822. The molecule has 0 radical (unpaired) electrons. The predicted molar refractivity (Wildman–Crippen MR) is 114 cm³/mol. The molecular formula is C21H29N5OS. The van der Waals surface area contributed by atoms with Crippen molar-refractivity contribution in [1.82, 2.24) is 14.9 Å². The normalized spacial score (nSPS) is 17.4. The summed E-state index contributed by atoms with van der Waals surface area (Å²) in [5, 5.41) is 2.10. The van der Waals surface area contributed by atoms with Gasteiger partial charge in [-0.3, -0.25) is 4.79 Å². The lowest BCUT2D eigenvalue weighted by molar-refractivity contribution is -0.131. The summed E-state index contributed by atoms with van der Waals surface area (Å²) >= 11 is 1.75. The zero-order valence-electron chi connectivity index (χ0n) is 16.9. The van der Waals surface area contributed by atoms with Crippen molar-refractivity contribution in [2.75, 3.05) is 49.1 Å². The topological polar surface area (TPSA) is 52.6 Å². The minimum Gasteiger partial charge on any atom is -0.356 e. The van der Waals surface area contributed by atoms with E-state index in [1.807, 2.05) is 11.8 Å². The first kappa shape index (κ1) is 19.2. The van der Waals surface area contributed by atoms with Gasteiger partial charge in [-0.05, 0) is 50.1 Å². The minimum absolute atomic E-state index is 0.260. The van der Waals surface area contributed by atoms with Crippen LogP contribution in [-0.2, 0) is 11.2 Å². The average Bonchev–Trinajstić information content (AvgIpc) is 3.38.